The molecule has 8 heteroatoms. The number of rotatable bonds is 3. The van der Waals surface area contributed by atoms with E-state index in [2.05, 4.69) is 0 Å². The van der Waals surface area contributed by atoms with E-state index in [-0.39, 0.29) is 16.7 Å². The Labute approximate surface area is 179 Å². The maximum Gasteiger partial charge on any atom is 0.270 e. The van der Waals surface area contributed by atoms with Gasteiger partial charge in [0.1, 0.15) is 0 Å². The van der Waals surface area contributed by atoms with E-state index in [9.17, 15) is 25.9 Å². The first-order valence-electron chi connectivity index (χ1n) is 11.9. The second-order valence-electron chi connectivity index (χ2n) is 12.6. The zero-order valence-corrected chi connectivity index (χ0v) is 18.9. The molecule has 0 aliphatic heterocycles. The van der Waals surface area contributed by atoms with Gasteiger partial charge >= 0.3 is 0 Å². The van der Waals surface area contributed by atoms with Crippen LogP contribution in [-0.2, 0) is 20.2 Å². The molecule has 6 nitrogen and oxygen atoms in total. The van der Waals surface area contributed by atoms with Crippen LogP contribution in [0.1, 0.15) is 70.6 Å². The van der Waals surface area contributed by atoms with E-state index in [1.165, 1.54) is 0 Å². The number of fused-ring (bicyclic) bond motifs is 9. The van der Waals surface area contributed by atoms with Gasteiger partial charge in [-0.15, -0.1) is 0 Å². The molecule has 8 aliphatic carbocycles. The monoisotopic (exact) mass is 456 g/mol. The number of hydrogen-bond acceptors (Lipinski definition) is 4. The molecule has 168 valence electrons. The third kappa shape index (κ3) is 2.05. The molecular formula is C22H32O6S2. The zero-order chi connectivity index (χ0) is 20.9. The van der Waals surface area contributed by atoms with Crippen molar-refractivity contribution in [3.8, 4) is 0 Å². The maximum atomic E-state index is 12.6. The average Bonchev–Trinajstić information content (AvgIpc) is 3.37. The van der Waals surface area contributed by atoms with E-state index in [4.69, 9.17) is 0 Å². The Kier molecular flexibility index (Phi) is 3.42. The predicted octanol–water partition coefficient (Wildman–Crippen LogP) is 3.54. The second-order valence-corrected chi connectivity index (χ2v) is 16.1. The molecule has 0 radical (unpaired) electrons. The summed E-state index contributed by atoms with van der Waals surface area (Å²) in [7, 11) is -8.08. The summed E-state index contributed by atoms with van der Waals surface area (Å²) >= 11 is 0. The molecule has 0 saturated heterocycles. The minimum Gasteiger partial charge on any atom is -0.285 e. The third-order valence-corrected chi connectivity index (χ3v) is 14.6. The van der Waals surface area contributed by atoms with Crippen LogP contribution in [0, 0.1) is 52.3 Å². The molecule has 0 spiro atoms. The van der Waals surface area contributed by atoms with Crippen molar-refractivity contribution < 1.29 is 25.9 Å². The van der Waals surface area contributed by atoms with Crippen LogP contribution < -0.4 is 0 Å². The van der Waals surface area contributed by atoms with E-state index in [1.54, 1.807) is 0 Å². The molecule has 8 rings (SSSR count). The van der Waals surface area contributed by atoms with Crippen LogP contribution in [0.3, 0.4) is 0 Å². The average molecular weight is 457 g/mol. The van der Waals surface area contributed by atoms with E-state index in [0.717, 1.165) is 44.9 Å². The Morgan fingerprint density at radius 2 is 1.50 bits per heavy atom. The fraction of sp³-hybridized carbons (Fsp3) is 1.00. The smallest absolute Gasteiger partial charge is 0.270 e. The van der Waals surface area contributed by atoms with Crippen LogP contribution in [0.15, 0.2) is 0 Å². The van der Waals surface area contributed by atoms with Crippen LogP contribution in [-0.4, -0.2) is 35.9 Å². The molecule has 0 aromatic heterocycles. The summed E-state index contributed by atoms with van der Waals surface area (Å²) in [5.41, 5.74) is 0.124. The highest BCUT2D eigenvalue weighted by atomic mass is 32.2. The second kappa shape index (κ2) is 5.31. The molecule has 0 aromatic rings. The van der Waals surface area contributed by atoms with Crippen molar-refractivity contribution >= 4 is 20.2 Å². The molecule has 0 aromatic carbocycles. The van der Waals surface area contributed by atoms with Gasteiger partial charge in [-0.1, -0.05) is 0 Å². The zero-order valence-electron chi connectivity index (χ0n) is 17.2. The summed E-state index contributed by atoms with van der Waals surface area (Å²) in [5, 5.41) is -0.583. The lowest BCUT2D eigenvalue weighted by Crippen LogP contribution is -2.64. The van der Waals surface area contributed by atoms with Crippen molar-refractivity contribution in [3.63, 3.8) is 0 Å². The van der Waals surface area contributed by atoms with Crippen molar-refractivity contribution in [2.75, 3.05) is 0 Å². The molecule has 8 aliphatic rings. The normalized spacial score (nSPS) is 60.5. The van der Waals surface area contributed by atoms with Gasteiger partial charge in [-0.05, 0) is 123 Å². The highest BCUT2D eigenvalue weighted by Gasteiger charge is 2.77. The van der Waals surface area contributed by atoms with Gasteiger partial charge in [-0.25, -0.2) is 0 Å². The van der Waals surface area contributed by atoms with Gasteiger partial charge in [0.05, 0.1) is 10.00 Å². The Morgan fingerprint density at radius 3 is 2.13 bits per heavy atom. The molecule has 9 unspecified atom stereocenters. The summed E-state index contributed by atoms with van der Waals surface area (Å²) in [4.78, 5) is 0. The lowest BCUT2D eigenvalue weighted by atomic mass is 9.39. The van der Waals surface area contributed by atoms with Crippen molar-refractivity contribution in [2.24, 2.45) is 52.3 Å². The quantitative estimate of drug-likeness (QED) is 0.497. The molecular weight excluding hydrogens is 424 g/mol. The summed E-state index contributed by atoms with van der Waals surface area (Å²) in [6.45, 7) is 0. The lowest BCUT2D eigenvalue weighted by molar-refractivity contribution is -0.151. The SMILES string of the molecule is O=S(=O)(O)C1CC2CC1C1C3CCC(C45CC6CC(C4)CC(S(=O)(=O)O)(C6)C5)(C3)C21. The highest BCUT2D eigenvalue weighted by molar-refractivity contribution is 7.87. The summed E-state index contributed by atoms with van der Waals surface area (Å²) in [6.07, 6.45) is 10.1. The summed E-state index contributed by atoms with van der Waals surface area (Å²) in [5.74, 6) is 2.67. The minimum absolute atomic E-state index is 0.000877. The van der Waals surface area contributed by atoms with Crippen molar-refractivity contribution in [3.05, 3.63) is 0 Å². The Morgan fingerprint density at radius 1 is 0.800 bits per heavy atom. The fourth-order valence-electron chi connectivity index (χ4n) is 11.8. The molecule has 2 N–H and O–H groups in total. The molecule has 30 heavy (non-hydrogen) atoms. The van der Waals surface area contributed by atoms with Crippen LogP contribution in [0.4, 0.5) is 0 Å². The summed E-state index contributed by atoms with van der Waals surface area (Å²) in [6, 6.07) is 0. The molecule has 8 saturated carbocycles. The lowest BCUT2D eigenvalue weighted by Gasteiger charge is -2.67. The standard InChI is InChI=1S/C22H32O6S2/c23-29(24,25)17-5-15-4-16(17)18-14-1-2-22(10-14,19(15)18)20-6-12-3-13(7-20)9-21(8-12,11-20)30(26,27)28/h12-19H,1-11H2,(H,23,24,25)(H,26,27,28). The van der Waals surface area contributed by atoms with Crippen LogP contribution in [0.2, 0.25) is 0 Å². The van der Waals surface area contributed by atoms with Gasteiger partial charge < -0.3 is 0 Å². The van der Waals surface area contributed by atoms with Crippen LogP contribution >= 0.6 is 0 Å². The fourth-order valence-corrected chi connectivity index (χ4v) is 14.4. The first kappa shape index (κ1) is 19.3. The van der Waals surface area contributed by atoms with Gasteiger partial charge in [0.15, 0.2) is 0 Å². The number of hydrogen-bond donors (Lipinski definition) is 2. The summed E-state index contributed by atoms with van der Waals surface area (Å²) < 4.78 is 68.5. The molecule has 8 fully saturated rings. The van der Waals surface area contributed by atoms with E-state index in [1.807, 2.05) is 0 Å². The minimum atomic E-state index is -4.08. The highest BCUT2D eigenvalue weighted by Crippen LogP contribution is 2.82. The van der Waals surface area contributed by atoms with Crippen molar-refractivity contribution in [1.82, 2.24) is 0 Å². The maximum absolute atomic E-state index is 12.6. The predicted molar refractivity (Wildman–Crippen MR) is 110 cm³/mol. The molecule has 8 bridgehead atoms. The third-order valence-electron chi connectivity index (χ3n) is 11.8. The van der Waals surface area contributed by atoms with Gasteiger partial charge in [0.2, 0.25) is 0 Å². The molecule has 9 atom stereocenters. The van der Waals surface area contributed by atoms with Gasteiger partial charge in [-0.2, -0.15) is 16.8 Å². The van der Waals surface area contributed by atoms with Crippen LogP contribution in [0.5, 0.6) is 0 Å². The van der Waals surface area contributed by atoms with Crippen molar-refractivity contribution in [2.45, 2.75) is 80.6 Å². The largest absolute Gasteiger partial charge is 0.285 e. The van der Waals surface area contributed by atoms with E-state index < -0.39 is 30.2 Å². The topological polar surface area (TPSA) is 109 Å². The van der Waals surface area contributed by atoms with E-state index in [0.29, 0.717) is 61.2 Å². The van der Waals surface area contributed by atoms with Gasteiger partial charge in [-0.3, -0.25) is 9.11 Å². The van der Waals surface area contributed by atoms with E-state index >= 15 is 0 Å². The first-order chi connectivity index (χ1) is 14.0. The van der Waals surface area contributed by atoms with Gasteiger partial charge in [0.25, 0.3) is 20.2 Å². The van der Waals surface area contributed by atoms with Crippen molar-refractivity contribution in [1.29, 1.82) is 0 Å². The van der Waals surface area contributed by atoms with Gasteiger partial charge in [0, 0.05) is 0 Å². The van der Waals surface area contributed by atoms with Crippen LogP contribution in [0.25, 0.3) is 0 Å². The Hall–Kier alpha value is -0.180. The first-order valence-corrected chi connectivity index (χ1v) is 14.8. The molecule has 0 amide bonds. The Bertz CT molecular complexity index is 1020. The Balaban J connectivity index is 1.33. The molecule has 0 heterocycles.